The van der Waals surface area contributed by atoms with Gasteiger partial charge in [-0.3, -0.25) is 0 Å². The van der Waals surface area contributed by atoms with Crippen LogP contribution in [0.4, 0.5) is 0 Å². The third-order valence-electron chi connectivity index (χ3n) is 2.36. The van der Waals surface area contributed by atoms with Gasteiger partial charge in [0.2, 0.25) is 0 Å². The summed E-state index contributed by atoms with van der Waals surface area (Å²) in [6.45, 7) is 0.943. The molecule has 15 heavy (non-hydrogen) atoms. The third-order valence-corrected chi connectivity index (χ3v) is 3.59. The van der Waals surface area contributed by atoms with E-state index in [9.17, 15) is 0 Å². The van der Waals surface area contributed by atoms with E-state index in [1.165, 1.54) is 12.8 Å². The van der Waals surface area contributed by atoms with Crippen molar-refractivity contribution >= 4 is 33.6 Å². The van der Waals surface area contributed by atoms with Crippen molar-refractivity contribution in [1.29, 1.82) is 0 Å². The van der Waals surface area contributed by atoms with Gasteiger partial charge in [-0.05, 0) is 46.5 Å². The molecular weight excluding hydrogens is 273 g/mol. The number of halogens is 2. The normalized spacial score (nSPS) is 16.1. The monoisotopic (exact) mass is 285 g/mol. The van der Waals surface area contributed by atoms with Crippen LogP contribution in [0, 0.1) is 0 Å². The minimum Gasteiger partial charge on any atom is -0.311 e. The highest BCUT2D eigenvalue weighted by molar-refractivity contribution is 9.10. The van der Waals surface area contributed by atoms with Gasteiger partial charge in [-0.25, -0.2) is 0 Å². The van der Waals surface area contributed by atoms with Gasteiger partial charge in [-0.15, -0.1) is 0 Å². The zero-order chi connectivity index (χ0) is 10.7. The van der Waals surface area contributed by atoms with Gasteiger partial charge in [-0.1, -0.05) is 29.8 Å². The molecular formula is C12H13BrClN. The highest BCUT2D eigenvalue weighted by atomic mass is 79.9. The highest BCUT2D eigenvalue weighted by Gasteiger charge is 2.18. The van der Waals surface area contributed by atoms with Crippen molar-refractivity contribution in [3.05, 3.63) is 39.3 Å². The third kappa shape index (κ3) is 3.63. The summed E-state index contributed by atoms with van der Waals surface area (Å²) in [4.78, 5) is 0. The Hall–Kier alpha value is -0.310. The second kappa shape index (κ2) is 5.15. The Balaban J connectivity index is 1.88. The Morgan fingerprint density at radius 1 is 1.47 bits per heavy atom. The summed E-state index contributed by atoms with van der Waals surface area (Å²) in [5.41, 5.74) is 1.14. The average molecular weight is 287 g/mol. The molecule has 3 heteroatoms. The van der Waals surface area contributed by atoms with Gasteiger partial charge in [0.25, 0.3) is 0 Å². The van der Waals surface area contributed by atoms with Crippen molar-refractivity contribution in [2.45, 2.75) is 18.9 Å². The number of hydrogen-bond donors (Lipinski definition) is 1. The molecule has 0 spiro atoms. The molecule has 0 amide bonds. The van der Waals surface area contributed by atoms with Gasteiger partial charge in [0.15, 0.2) is 0 Å². The van der Waals surface area contributed by atoms with Crippen LogP contribution in [0.5, 0.6) is 0 Å². The Morgan fingerprint density at radius 3 is 2.93 bits per heavy atom. The molecule has 0 radical (unpaired) electrons. The predicted molar refractivity (Wildman–Crippen MR) is 69.2 cm³/mol. The first-order valence-corrected chi connectivity index (χ1v) is 6.28. The van der Waals surface area contributed by atoms with Crippen LogP contribution in [0.15, 0.2) is 28.7 Å². The van der Waals surface area contributed by atoms with Crippen LogP contribution >= 0.6 is 27.5 Å². The van der Waals surface area contributed by atoms with Crippen molar-refractivity contribution < 1.29 is 0 Å². The quantitative estimate of drug-likeness (QED) is 0.886. The van der Waals surface area contributed by atoms with Crippen LogP contribution in [0.1, 0.15) is 18.4 Å². The summed E-state index contributed by atoms with van der Waals surface area (Å²) < 4.78 is 0.942. The second-order valence-electron chi connectivity index (χ2n) is 3.76. The zero-order valence-corrected chi connectivity index (χ0v) is 10.7. The van der Waals surface area contributed by atoms with Gasteiger partial charge in [0.05, 0.1) is 5.02 Å². The molecule has 1 saturated carbocycles. The molecule has 1 aromatic carbocycles. The van der Waals surface area contributed by atoms with Gasteiger partial charge >= 0.3 is 0 Å². The molecule has 0 saturated heterocycles. The summed E-state index contributed by atoms with van der Waals surface area (Å²) in [6, 6.07) is 6.74. The summed E-state index contributed by atoms with van der Waals surface area (Å²) in [7, 11) is 0. The van der Waals surface area contributed by atoms with E-state index in [1.54, 1.807) is 0 Å². The van der Waals surface area contributed by atoms with Crippen molar-refractivity contribution in [1.82, 2.24) is 5.32 Å². The van der Waals surface area contributed by atoms with E-state index >= 15 is 0 Å². The molecule has 1 aromatic rings. The molecule has 80 valence electrons. The van der Waals surface area contributed by atoms with Gasteiger partial charge < -0.3 is 5.32 Å². The molecule has 1 aliphatic rings. The molecule has 1 nitrogen and oxygen atoms in total. The molecule has 0 heterocycles. The molecule has 1 aliphatic carbocycles. The molecule has 0 aliphatic heterocycles. The Morgan fingerprint density at radius 2 is 2.27 bits per heavy atom. The van der Waals surface area contributed by atoms with Gasteiger partial charge in [0, 0.05) is 17.1 Å². The fourth-order valence-electron chi connectivity index (χ4n) is 1.33. The molecule has 0 bridgehead atoms. The van der Waals surface area contributed by atoms with E-state index in [0.29, 0.717) is 0 Å². The summed E-state index contributed by atoms with van der Waals surface area (Å²) in [5, 5.41) is 4.18. The van der Waals surface area contributed by atoms with Crippen LogP contribution < -0.4 is 5.32 Å². The van der Waals surface area contributed by atoms with E-state index in [2.05, 4.69) is 33.4 Å². The Bertz CT molecular complexity index is 372. The predicted octanol–water partition coefficient (Wildman–Crippen LogP) is 3.87. The fraction of sp³-hybridized carbons (Fsp3) is 0.333. The van der Waals surface area contributed by atoms with Crippen LogP contribution in [0.25, 0.3) is 6.08 Å². The molecule has 0 unspecified atom stereocenters. The van der Waals surface area contributed by atoms with E-state index in [0.717, 1.165) is 27.6 Å². The number of rotatable bonds is 4. The first kappa shape index (κ1) is 11.2. The fourth-order valence-corrected chi connectivity index (χ4v) is 1.77. The average Bonchev–Trinajstić information content (AvgIpc) is 3.02. The molecule has 0 aromatic heterocycles. The number of benzene rings is 1. The second-order valence-corrected chi connectivity index (χ2v) is 5.02. The van der Waals surface area contributed by atoms with Crippen LogP contribution in [-0.2, 0) is 0 Å². The van der Waals surface area contributed by atoms with E-state index in [1.807, 2.05) is 18.2 Å². The maximum Gasteiger partial charge on any atom is 0.0554 e. The minimum absolute atomic E-state index is 0.757. The number of nitrogens with one attached hydrogen (secondary N) is 1. The van der Waals surface area contributed by atoms with E-state index < -0.39 is 0 Å². The highest BCUT2D eigenvalue weighted by Crippen LogP contribution is 2.23. The maximum absolute atomic E-state index is 5.99. The smallest absolute Gasteiger partial charge is 0.0554 e. The summed E-state index contributed by atoms with van der Waals surface area (Å²) in [5.74, 6) is 0. The summed E-state index contributed by atoms with van der Waals surface area (Å²) >= 11 is 9.36. The van der Waals surface area contributed by atoms with Gasteiger partial charge in [0.1, 0.15) is 0 Å². The van der Waals surface area contributed by atoms with Gasteiger partial charge in [-0.2, -0.15) is 0 Å². The maximum atomic E-state index is 5.99. The van der Waals surface area contributed by atoms with Crippen LogP contribution in [-0.4, -0.2) is 12.6 Å². The van der Waals surface area contributed by atoms with Crippen molar-refractivity contribution in [3.8, 4) is 0 Å². The Kier molecular flexibility index (Phi) is 3.84. The molecule has 1 fully saturated rings. The van der Waals surface area contributed by atoms with Crippen molar-refractivity contribution in [3.63, 3.8) is 0 Å². The standard InChI is InChI=1S/C12H13BrClN/c13-11-6-3-9(8-12(11)14)2-1-7-15-10-4-5-10/h1-3,6,8,10,15H,4-5,7H2/b2-1+. The van der Waals surface area contributed by atoms with Crippen LogP contribution in [0.3, 0.4) is 0 Å². The lowest BCUT2D eigenvalue weighted by atomic mass is 10.2. The molecule has 2 rings (SSSR count). The summed E-state index contributed by atoms with van der Waals surface area (Å²) in [6.07, 6.45) is 6.89. The van der Waals surface area contributed by atoms with E-state index in [-0.39, 0.29) is 0 Å². The zero-order valence-electron chi connectivity index (χ0n) is 8.34. The SMILES string of the molecule is Clc1cc(/C=C/CNC2CC2)ccc1Br. The first-order valence-electron chi connectivity index (χ1n) is 5.10. The van der Waals surface area contributed by atoms with Crippen molar-refractivity contribution in [2.75, 3.05) is 6.54 Å². The lowest BCUT2D eigenvalue weighted by Crippen LogP contribution is -2.15. The van der Waals surface area contributed by atoms with Crippen molar-refractivity contribution in [2.24, 2.45) is 0 Å². The van der Waals surface area contributed by atoms with Crippen LogP contribution in [0.2, 0.25) is 5.02 Å². The largest absolute Gasteiger partial charge is 0.311 e. The molecule has 0 atom stereocenters. The molecule has 1 N–H and O–H groups in total. The Labute approximate surface area is 104 Å². The lowest BCUT2D eigenvalue weighted by Gasteiger charge is -1.98. The topological polar surface area (TPSA) is 12.0 Å². The number of hydrogen-bond acceptors (Lipinski definition) is 1. The first-order chi connectivity index (χ1) is 7.25. The van der Waals surface area contributed by atoms with E-state index in [4.69, 9.17) is 11.6 Å². The minimum atomic E-state index is 0.757. The lowest BCUT2D eigenvalue weighted by molar-refractivity contribution is 0.754.